The molecular formula is C27H22BrNO6. The Labute approximate surface area is 210 Å². The van der Waals surface area contributed by atoms with Crippen molar-refractivity contribution in [2.24, 2.45) is 0 Å². The van der Waals surface area contributed by atoms with Crippen molar-refractivity contribution in [3.63, 3.8) is 0 Å². The summed E-state index contributed by atoms with van der Waals surface area (Å²) < 4.78 is 6.00. The number of benzene rings is 3. The summed E-state index contributed by atoms with van der Waals surface area (Å²) in [5.41, 5.74) is 1.48. The zero-order chi connectivity index (χ0) is 25.3. The van der Waals surface area contributed by atoms with Gasteiger partial charge in [-0.1, -0.05) is 40.2 Å². The second-order valence-electron chi connectivity index (χ2n) is 8.27. The van der Waals surface area contributed by atoms with Crippen molar-refractivity contribution in [1.82, 2.24) is 0 Å². The molecule has 4 rings (SSSR count). The molecule has 35 heavy (non-hydrogen) atoms. The molecular weight excluding hydrogens is 514 g/mol. The number of rotatable bonds is 5. The number of hydrogen-bond donors (Lipinski definition) is 2. The zero-order valence-corrected chi connectivity index (χ0v) is 20.5. The number of anilines is 1. The third-order valence-electron chi connectivity index (χ3n) is 5.49. The molecule has 0 radical (unpaired) electrons. The molecule has 1 aliphatic rings. The molecule has 2 N–H and O–H groups in total. The van der Waals surface area contributed by atoms with Crippen LogP contribution >= 0.6 is 15.9 Å². The van der Waals surface area contributed by atoms with Gasteiger partial charge in [0.15, 0.2) is 0 Å². The third-order valence-corrected chi connectivity index (χ3v) is 6.02. The number of carbonyl (C=O) groups is 3. The van der Waals surface area contributed by atoms with E-state index in [1.54, 1.807) is 62.4 Å². The fourth-order valence-electron chi connectivity index (χ4n) is 3.87. The van der Waals surface area contributed by atoms with Gasteiger partial charge in [-0.05, 0) is 67.9 Å². The number of phenols is 1. The molecule has 8 heteroatoms. The monoisotopic (exact) mass is 535 g/mol. The fourth-order valence-corrected chi connectivity index (χ4v) is 4.14. The van der Waals surface area contributed by atoms with E-state index in [4.69, 9.17) is 4.74 Å². The lowest BCUT2D eigenvalue weighted by atomic mass is 9.95. The number of ether oxygens (including phenoxy) is 1. The van der Waals surface area contributed by atoms with Crippen molar-refractivity contribution in [3.8, 4) is 5.75 Å². The van der Waals surface area contributed by atoms with Crippen molar-refractivity contribution in [2.75, 3.05) is 4.90 Å². The topological polar surface area (TPSA) is 104 Å². The second-order valence-corrected chi connectivity index (χ2v) is 9.18. The van der Waals surface area contributed by atoms with Gasteiger partial charge in [-0.15, -0.1) is 0 Å². The van der Waals surface area contributed by atoms with Crippen LogP contribution in [0.5, 0.6) is 5.75 Å². The first kappa shape index (κ1) is 24.2. The lowest BCUT2D eigenvalue weighted by molar-refractivity contribution is -0.132. The molecule has 1 fully saturated rings. The van der Waals surface area contributed by atoms with Gasteiger partial charge in [-0.3, -0.25) is 14.5 Å². The smallest absolute Gasteiger partial charge is 0.338 e. The number of halogens is 1. The maximum Gasteiger partial charge on any atom is 0.338 e. The van der Waals surface area contributed by atoms with Crippen molar-refractivity contribution in [1.29, 1.82) is 0 Å². The molecule has 1 amide bonds. The predicted octanol–water partition coefficient (Wildman–Crippen LogP) is 5.35. The molecule has 3 aromatic rings. The van der Waals surface area contributed by atoms with Gasteiger partial charge in [0, 0.05) is 15.7 Å². The van der Waals surface area contributed by atoms with E-state index in [9.17, 15) is 24.6 Å². The highest BCUT2D eigenvalue weighted by Crippen LogP contribution is 2.42. The first-order chi connectivity index (χ1) is 16.7. The molecule has 1 heterocycles. The Hall–Kier alpha value is -3.91. The normalized spacial score (nSPS) is 17.1. The number of phenolic OH excluding ortho intramolecular Hbond substituents is 1. The molecule has 1 atom stereocenters. The van der Waals surface area contributed by atoms with Crippen LogP contribution in [0, 0.1) is 0 Å². The minimum atomic E-state index is -0.951. The minimum absolute atomic E-state index is 0.0200. The van der Waals surface area contributed by atoms with Gasteiger partial charge in [0.2, 0.25) is 0 Å². The summed E-state index contributed by atoms with van der Waals surface area (Å²) in [4.78, 5) is 39.9. The van der Waals surface area contributed by atoms with E-state index in [0.717, 1.165) is 4.47 Å². The average Bonchev–Trinajstić information content (AvgIpc) is 3.09. The Balaban J connectivity index is 1.83. The maximum atomic E-state index is 13.2. The van der Waals surface area contributed by atoms with Crippen LogP contribution in [-0.4, -0.2) is 34.0 Å². The Kier molecular flexibility index (Phi) is 6.75. The van der Waals surface area contributed by atoms with E-state index >= 15 is 0 Å². The van der Waals surface area contributed by atoms with E-state index in [1.165, 1.54) is 29.2 Å². The van der Waals surface area contributed by atoms with Gasteiger partial charge >= 0.3 is 5.97 Å². The molecule has 1 aliphatic heterocycles. The van der Waals surface area contributed by atoms with Gasteiger partial charge < -0.3 is 14.9 Å². The molecule has 1 unspecified atom stereocenters. The molecule has 7 nitrogen and oxygen atoms in total. The van der Waals surface area contributed by atoms with Gasteiger partial charge in [-0.2, -0.15) is 0 Å². The molecule has 0 aromatic heterocycles. The van der Waals surface area contributed by atoms with E-state index < -0.39 is 23.7 Å². The number of esters is 1. The summed E-state index contributed by atoms with van der Waals surface area (Å²) in [6.07, 6.45) is -0.284. The number of carbonyl (C=O) groups excluding carboxylic acids is 3. The van der Waals surface area contributed by atoms with Crippen LogP contribution in [0.4, 0.5) is 5.69 Å². The molecule has 0 aliphatic carbocycles. The Morgan fingerprint density at radius 1 is 0.914 bits per heavy atom. The first-order valence-corrected chi connectivity index (χ1v) is 11.6. The summed E-state index contributed by atoms with van der Waals surface area (Å²) in [6, 6.07) is 17.9. The largest absolute Gasteiger partial charge is 0.508 e. The number of ketones is 1. The molecule has 0 spiro atoms. The van der Waals surface area contributed by atoms with Crippen molar-refractivity contribution in [2.45, 2.75) is 26.0 Å². The quantitative estimate of drug-likeness (QED) is 0.197. The number of aliphatic hydroxyl groups is 1. The van der Waals surface area contributed by atoms with Gasteiger partial charge in [0.25, 0.3) is 11.7 Å². The van der Waals surface area contributed by atoms with Crippen LogP contribution < -0.4 is 4.90 Å². The predicted molar refractivity (Wildman–Crippen MR) is 134 cm³/mol. The highest BCUT2D eigenvalue weighted by molar-refractivity contribution is 9.10. The number of aliphatic hydroxyl groups excluding tert-OH is 1. The minimum Gasteiger partial charge on any atom is -0.508 e. The lowest BCUT2D eigenvalue weighted by Crippen LogP contribution is -2.29. The highest BCUT2D eigenvalue weighted by atomic mass is 79.9. The van der Waals surface area contributed by atoms with E-state index in [-0.39, 0.29) is 23.2 Å². The van der Waals surface area contributed by atoms with E-state index in [1.807, 2.05) is 0 Å². The average molecular weight is 536 g/mol. The van der Waals surface area contributed by atoms with Gasteiger partial charge in [0.05, 0.1) is 23.3 Å². The zero-order valence-electron chi connectivity index (χ0n) is 18.9. The summed E-state index contributed by atoms with van der Waals surface area (Å²) in [5, 5.41) is 20.9. The van der Waals surface area contributed by atoms with Crippen LogP contribution in [0.25, 0.3) is 5.76 Å². The van der Waals surface area contributed by atoms with Gasteiger partial charge in [0.1, 0.15) is 11.5 Å². The Morgan fingerprint density at radius 2 is 1.49 bits per heavy atom. The fraction of sp³-hybridized carbons (Fsp3) is 0.148. The van der Waals surface area contributed by atoms with Crippen molar-refractivity contribution < 1.29 is 29.3 Å². The summed E-state index contributed by atoms with van der Waals surface area (Å²) in [7, 11) is 0. The van der Waals surface area contributed by atoms with Crippen LogP contribution in [0.3, 0.4) is 0 Å². The van der Waals surface area contributed by atoms with Gasteiger partial charge in [-0.25, -0.2) is 4.79 Å². The number of nitrogens with zero attached hydrogens (tertiary/aromatic N) is 1. The Morgan fingerprint density at radius 3 is 2.06 bits per heavy atom. The summed E-state index contributed by atoms with van der Waals surface area (Å²) in [6.45, 7) is 3.49. The number of aromatic hydroxyl groups is 1. The lowest BCUT2D eigenvalue weighted by Gasteiger charge is -2.25. The number of amides is 1. The van der Waals surface area contributed by atoms with Crippen LogP contribution in [0.2, 0.25) is 0 Å². The maximum absolute atomic E-state index is 13.2. The number of Topliss-reactive ketones (excluding diaryl/α,β-unsaturated/α-hetero) is 1. The molecule has 0 bridgehead atoms. The van der Waals surface area contributed by atoms with E-state index in [2.05, 4.69) is 15.9 Å². The molecule has 0 saturated carbocycles. The van der Waals surface area contributed by atoms with Crippen LogP contribution in [0.1, 0.15) is 41.4 Å². The Bertz CT molecular complexity index is 1310. The van der Waals surface area contributed by atoms with Crippen LogP contribution in [0.15, 0.2) is 82.8 Å². The number of hydrogen-bond acceptors (Lipinski definition) is 6. The molecule has 178 valence electrons. The third kappa shape index (κ3) is 4.83. The first-order valence-electron chi connectivity index (χ1n) is 10.8. The second kappa shape index (κ2) is 9.76. The summed E-state index contributed by atoms with van der Waals surface area (Å²) in [5.74, 6) is -2.45. The van der Waals surface area contributed by atoms with Crippen molar-refractivity contribution >= 4 is 45.0 Å². The van der Waals surface area contributed by atoms with E-state index in [0.29, 0.717) is 22.4 Å². The molecule has 3 aromatic carbocycles. The molecule has 1 saturated heterocycles. The van der Waals surface area contributed by atoms with Crippen molar-refractivity contribution in [3.05, 3.63) is 99.5 Å². The van der Waals surface area contributed by atoms with Crippen LogP contribution in [-0.2, 0) is 14.3 Å². The SMILES string of the molecule is CC(C)OC(=O)c1ccc(N2C(=O)C(=O)/C(=C(/O)c3ccc(Br)cc3)C2c2ccc(O)cc2)cc1. The highest BCUT2D eigenvalue weighted by Gasteiger charge is 2.47. The standard InChI is InChI=1S/C27H22BrNO6/c1-15(2)35-27(34)18-5-11-20(12-6-18)29-23(16-7-13-21(30)14-8-16)22(25(32)26(29)33)24(31)17-3-9-19(28)10-4-17/h3-15,23,30-31H,1-2H3/b24-22+. The summed E-state index contributed by atoms with van der Waals surface area (Å²) >= 11 is 3.34.